The molecule has 0 unspecified atom stereocenters. The monoisotopic (exact) mass is 348 g/mol. The number of thioether (sulfide) groups is 1. The van der Waals surface area contributed by atoms with Crippen molar-refractivity contribution in [2.75, 3.05) is 12.3 Å². The van der Waals surface area contributed by atoms with Gasteiger partial charge in [0.2, 0.25) is 0 Å². The lowest BCUT2D eigenvalue weighted by Gasteiger charge is -2.17. The molecule has 0 atom stereocenters. The summed E-state index contributed by atoms with van der Waals surface area (Å²) < 4.78 is 0. The Labute approximate surface area is 142 Å². The van der Waals surface area contributed by atoms with Gasteiger partial charge in [-0.2, -0.15) is 0 Å². The maximum absolute atomic E-state index is 11.1. The minimum absolute atomic E-state index is 0.0145. The number of nitro benzene ring substituents is 1. The van der Waals surface area contributed by atoms with Crippen molar-refractivity contribution in [3.8, 4) is 0 Å². The SMILES string of the molecule is O=[N+]([O-])c1ccccc1N=C1SCCN1Cc1ccc(Cl)nc1. The van der Waals surface area contributed by atoms with Crippen molar-refractivity contribution >= 4 is 39.9 Å². The predicted molar refractivity (Wildman–Crippen MR) is 92.3 cm³/mol. The summed E-state index contributed by atoms with van der Waals surface area (Å²) in [5.41, 5.74) is 1.41. The average Bonchev–Trinajstić information content (AvgIpc) is 2.97. The Morgan fingerprint density at radius 2 is 2.17 bits per heavy atom. The van der Waals surface area contributed by atoms with Gasteiger partial charge in [-0.15, -0.1) is 0 Å². The highest BCUT2D eigenvalue weighted by atomic mass is 35.5. The quantitative estimate of drug-likeness (QED) is 0.476. The van der Waals surface area contributed by atoms with E-state index < -0.39 is 4.92 Å². The number of aromatic nitrogens is 1. The topological polar surface area (TPSA) is 71.6 Å². The predicted octanol–water partition coefficient (Wildman–Crippen LogP) is 3.88. The van der Waals surface area contributed by atoms with Crippen LogP contribution in [0.4, 0.5) is 11.4 Å². The molecule has 1 fully saturated rings. The zero-order chi connectivity index (χ0) is 16.2. The molecule has 0 N–H and O–H groups in total. The molecule has 0 aliphatic carbocycles. The third kappa shape index (κ3) is 3.80. The average molecular weight is 349 g/mol. The molecule has 0 saturated carbocycles. The number of amidine groups is 1. The van der Waals surface area contributed by atoms with Crippen LogP contribution in [0.2, 0.25) is 5.15 Å². The molecule has 1 aliphatic rings. The molecule has 2 aromatic rings. The number of para-hydroxylation sites is 2. The summed E-state index contributed by atoms with van der Waals surface area (Å²) in [6.07, 6.45) is 1.73. The fourth-order valence-corrected chi connectivity index (χ4v) is 3.33. The number of hydrogen-bond donors (Lipinski definition) is 0. The second-order valence-electron chi connectivity index (χ2n) is 4.90. The number of nitro groups is 1. The van der Waals surface area contributed by atoms with Crippen molar-refractivity contribution < 1.29 is 4.92 Å². The second kappa shape index (κ2) is 6.97. The van der Waals surface area contributed by atoms with Crippen molar-refractivity contribution in [1.29, 1.82) is 0 Å². The Morgan fingerprint density at radius 3 is 2.91 bits per heavy atom. The highest BCUT2D eigenvalue weighted by Crippen LogP contribution is 2.30. The largest absolute Gasteiger partial charge is 0.346 e. The fourth-order valence-electron chi connectivity index (χ4n) is 2.22. The first-order chi connectivity index (χ1) is 11.1. The van der Waals surface area contributed by atoms with E-state index in [9.17, 15) is 10.1 Å². The van der Waals surface area contributed by atoms with Gasteiger partial charge in [-0.1, -0.05) is 41.6 Å². The van der Waals surface area contributed by atoms with Gasteiger partial charge < -0.3 is 4.90 Å². The van der Waals surface area contributed by atoms with Gasteiger partial charge in [0.15, 0.2) is 5.17 Å². The molecule has 0 amide bonds. The summed E-state index contributed by atoms with van der Waals surface area (Å²) >= 11 is 7.39. The van der Waals surface area contributed by atoms with Crippen LogP contribution in [-0.4, -0.2) is 32.3 Å². The second-order valence-corrected chi connectivity index (χ2v) is 6.35. The van der Waals surface area contributed by atoms with E-state index in [1.54, 1.807) is 42.2 Å². The van der Waals surface area contributed by atoms with E-state index >= 15 is 0 Å². The lowest BCUT2D eigenvalue weighted by atomic mass is 10.2. The molecule has 1 aromatic carbocycles. The Morgan fingerprint density at radius 1 is 1.35 bits per heavy atom. The van der Waals surface area contributed by atoms with E-state index in [2.05, 4.69) is 14.9 Å². The first kappa shape index (κ1) is 15.8. The molecule has 23 heavy (non-hydrogen) atoms. The molecule has 3 rings (SSSR count). The fraction of sp³-hybridized carbons (Fsp3) is 0.200. The maximum Gasteiger partial charge on any atom is 0.294 e. The number of aliphatic imine (C=N–C) groups is 1. The van der Waals surface area contributed by atoms with Gasteiger partial charge in [-0.05, 0) is 17.7 Å². The van der Waals surface area contributed by atoms with Gasteiger partial charge >= 0.3 is 0 Å². The molecular weight excluding hydrogens is 336 g/mol. The summed E-state index contributed by atoms with van der Waals surface area (Å²) in [5.74, 6) is 0.903. The van der Waals surface area contributed by atoms with Gasteiger partial charge in [0.05, 0.1) is 4.92 Å². The van der Waals surface area contributed by atoms with Crippen LogP contribution in [0.1, 0.15) is 5.56 Å². The molecular formula is C15H13ClN4O2S. The lowest BCUT2D eigenvalue weighted by Crippen LogP contribution is -2.23. The van der Waals surface area contributed by atoms with Crippen LogP contribution >= 0.6 is 23.4 Å². The Bertz CT molecular complexity index is 751. The number of halogens is 1. The van der Waals surface area contributed by atoms with Gasteiger partial charge in [-0.3, -0.25) is 10.1 Å². The van der Waals surface area contributed by atoms with Crippen molar-refractivity contribution in [2.45, 2.75) is 6.54 Å². The molecule has 8 heteroatoms. The smallest absolute Gasteiger partial charge is 0.294 e. The van der Waals surface area contributed by atoms with E-state index in [1.807, 2.05) is 6.07 Å². The normalized spacial score (nSPS) is 16.0. The standard InChI is InChI=1S/C15H13ClN4O2S/c16-14-6-5-11(9-17-14)10-19-7-8-23-15(19)18-12-3-1-2-4-13(12)20(21)22/h1-6,9H,7-8,10H2. The van der Waals surface area contributed by atoms with Crippen molar-refractivity contribution in [2.24, 2.45) is 4.99 Å². The summed E-state index contributed by atoms with van der Waals surface area (Å²) in [6.45, 7) is 1.49. The third-order valence-corrected chi connectivity index (χ3v) is 4.54. The molecule has 118 valence electrons. The first-order valence-corrected chi connectivity index (χ1v) is 8.30. The Kier molecular flexibility index (Phi) is 4.78. The van der Waals surface area contributed by atoms with Gasteiger partial charge in [-0.25, -0.2) is 9.98 Å². The van der Waals surface area contributed by atoms with E-state index in [4.69, 9.17) is 11.6 Å². The Balaban J connectivity index is 1.84. The van der Waals surface area contributed by atoms with Crippen LogP contribution in [0.25, 0.3) is 0 Å². The molecule has 6 nitrogen and oxygen atoms in total. The van der Waals surface area contributed by atoms with Gasteiger partial charge in [0.1, 0.15) is 10.8 Å². The van der Waals surface area contributed by atoms with Crippen LogP contribution in [0.3, 0.4) is 0 Å². The van der Waals surface area contributed by atoms with E-state index in [0.717, 1.165) is 23.0 Å². The Hall–Kier alpha value is -2.12. The first-order valence-electron chi connectivity index (χ1n) is 6.94. The molecule has 0 bridgehead atoms. The molecule has 1 saturated heterocycles. The molecule has 0 spiro atoms. The highest BCUT2D eigenvalue weighted by molar-refractivity contribution is 8.14. The summed E-state index contributed by atoms with van der Waals surface area (Å²) in [5, 5.41) is 12.3. The van der Waals surface area contributed by atoms with Crippen LogP contribution in [0.5, 0.6) is 0 Å². The molecule has 1 aliphatic heterocycles. The summed E-state index contributed by atoms with van der Waals surface area (Å²) in [6, 6.07) is 10.2. The minimum atomic E-state index is -0.410. The van der Waals surface area contributed by atoms with Crippen molar-refractivity contribution in [3.63, 3.8) is 0 Å². The van der Waals surface area contributed by atoms with E-state index in [-0.39, 0.29) is 5.69 Å². The molecule has 2 heterocycles. The van der Waals surface area contributed by atoms with Gasteiger partial charge in [0.25, 0.3) is 5.69 Å². The third-order valence-electron chi connectivity index (χ3n) is 3.32. The molecule has 0 radical (unpaired) electrons. The number of rotatable bonds is 4. The van der Waals surface area contributed by atoms with Crippen LogP contribution in [-0.2, 0) is 6.54 Å². The van der Waals surface area contributed by atoms with Crippen molar-refractivity contribution in [1.82, 2.24) is 9.88 Å². The maximum atomic E-state index is 11.1. The van der Waals surface area contributed by atoms with Crippen molar-refractivity contribution in [3.05, 3.63) is 63.4 Å². The minimum Gasteiger partial charge on any atom is -0.346 e. The highest BCUT2D eigenvalue weighted by Gasteiger charge is 2.21. The van der Waals surface area contributed by atoms with Crippen LogP contribution < -0.4 is 0 Å². The number of benzene rings is 1. The lowest BCUT2D eigenvalue weighted by molar-refractivity contribution is -0.384. The molecule has 1 aromatic heterocycles. The number of nitrogens with zero attached hydrogens (tertiary/aromatic N) is 4. The zero-order valence-electron chi connectivity index (χ0n) is 12.1. The number of pyridine rings is 1. The van der Waals surface area contributed by atoms with E-state index in [1.165, 1.54) is 6.07 Å². The van der Waals surface area contributed by atoms with Gasteiger partial charge in [0, 0.05) is 31.1 Å². The van der Waals surface area contributed by atoms with E-state index in [0.29, 0.717) is 17.4 Å². The zero-order valence-corrected chi connectivity index (χ0v) is 13.6. The van der Waals surface area contributed by atoms with Crippen LogP contribution in [0.15, 0.2) is 47.6 Å². The van der Waals surface area contributed by atoms with Crippen LogP contribution in [0, 0.1) is 10.1 Å². The summed E-state index contributed by atoms with van der Waals surface area (Å²) in [7, 11) is 0. The number of hydrogen-bond acceptors (Lipinski definition) is 5. The summed E-state index contributed by atoms with van der Waals surface area (Å²) in [4.78, 5) is 21.3.